The van der Waals surface area contributed by atoms with Crippen LogP contribution in [0.4, 0.5) is 4.39 Å². The normalized spacial score (nSPS) is 10.8. The number of benzene rings is 2. The van der Waals surface area contributed by atoms with E-state index in [0.29, 0.717) is 23.3 Å². The second-order valence-electron chi connectivity index (χ2n) is 4.26. The molecule has 96 valence electrons. The molecule has 19 heavy (non-hydrogen) atoms. The Morgan fingerprint density at radius 2 is 2.05 bits per heavy atom. The van der Waals surface area contributed by atoms with Crippen molar-refractivity contribution in [1.29, 1.82) is 0 Å². The van der Waals surface area contributed by atoms with Crippen LogP contribution >= 0.6 is 0 Å². The van der Waals surface area contributed by atoms with E-state index in [1.54, 1.807) is 25.3 Å². The molecule has 1 aromatic heterocycles. The van der Waals surface area contributed by atoms with Crippen molar-refractivity contribution in [2.45, 2.75) is 6.42 Å². The molecule has 0 aliphatic heterocycles. The highest BCUT2D eigenvalue weighted by Crippen LogP contribution is 2.25. The van der Waals surface area contributed by atoms with Crippen LogP contribution < -0.4 is 4.74 Å². The fraction of sp³-hybridized carbons (Fsp3) is 0.133. The van der Waals surface area contributed by atoms with Crippen LogP contribution in [0.2, 0.25) is 0 Å². The van der Waals surface area contributed by atoms with E-state index >= 15 is 0 Å². The van der Waals surface area contributed by atoms with Gasteiger partial charge in [-0.2, -0.15) is 0 Å². The third-order valence-electron chi connectivity index (χ3n) is 3.07. The summed E-state index contributed by atoms with van der Waals surface area (Å²) in [5.74, 6) is 0.480. The maximum absolute atomic E-state index is 13.6. The van der Waals surface area contributed by atoms with Crippen LogP contribution in [0, 0.1) is 5.82 Å². The largest absolute Gasteiger partial charge is 0.497 e. The molecule has 3 nitrogen and oxygen atoms in total. The van der Waals surface area contributed by atoms with Crippen LogP contribution in [0.5, 0.6) is 5.75 Å². The summed E-state index contributed by atoms with van der Waals surface area (Å²) in [4.78, 5) is 0. The third kappa shape index (κ3) is 2.17. The Balaban J connectivity index is 2.00. The molecular formula is C15H12FNO2. The van der Waals surface area contributed by atoms with Gasteiger partial charge < -0.3 is 9.26 Å². The number of hydrogen-bond acceptors (Lipinski definition) is 3. The lowest BCUT2D eigenvalue weighted by Crippen LogP contribution is -1.92. The molecule has 0 atom stereocenters. The smallest absolute Gasteiger partial charge is 0.170 e. The minimum absolute atomic E-state index is 0.229. The zero-order chi connectivity index (χ0) is 13.2. The van der Waals surface area contributed by atoms with Gasteiger partial charge >= 0.3 is 0 Å². The second-order valence-corrected chi connectivity index (χ2v) is 4.26. The van der Waals surface area contributed by atoms with Gasteiger partial charge in [0.15, 0.2) is 5.58 Å². The summed E-state index contributed by atoms with van der Waals surface area (Å²) in [6.07, 6.45) is 0.409. The summed E-state index contributed by atoms with van der Waals surface area (Å²) in [5, 5.41) is 4.89. The van der Waals surface area contributed by atoms with Gasteiger partial charge in [-0.05, 0) is 23.8 Å². The first-order valence-electron chi connectivity index (χ1n) is 5.93. The zero-order valence-corrected chi connectivity index (χ0v) is 10.4. The van der Waals surface area contributed by atoms with Crippen LogP contribution in [0.3, 0.4) is 0 Å². The average molecular weight is 257 g/mol. The molecule has 0 fully saturated rings. The molecule has 0 saturated heterocycles. The average Bonchev–Trinajstić information content (AvgIpc) is 2.83. The van der Waals surface area contributed by atoms with Gasteiger partial charge in [0.1, 0.15) is 11.6 Å². The van der Waals surface area contributed by atoms with Crippen LogP contribution in [-0.4, -0.2) is 12.3 Å². The molecular weight excluding hydrogens is 245 g/mol. The fourth-order valence-corrected chi connectivity index (χ4v) is 2.05. The SMILES string of the molecule is COc1ccc2c(Cc3ccccc3F)noc2c1. The standard InChI is InChI=1S/C15H12FNO2/c1-18-11-6-7-12-14(17-19-15(12)9-11)8-10-4-2-3-5-13(10)16/h2-7,9H,8H2,1H3. The quantitative estimate of drug-likeness (QED) is 0.719. The molecule has 0 unspecified atom stereocenters. The lowest BCUT2D eigenvalue weighted by atomic mass is 10.1. The third-order valence-corrected chi connectivity index (χ3v) is 3.07. The molecule has 0 amide bonds. The van der Waals surface area contributed by atoms with Gasteiger partial charge in [0.2, 0.25) is 0 Å². The van der Waals surface area contributed by atoms with Gasteiger partial charge in [0, 0.05) is 17.9 Å². The van der Waals surface area contributed by atoms with Crippen molar-refractivity contribution in [3.63, 3.8) is 0 Å². The van der Waals surface area contributed by atoms with Crippen molar-refractivity contribution in [3.8, 4) is 5.75 Å². The predicted molar refractivity (Wildman–Crippen MR) is 69.8 cm³/mol. The molecule has 1 heterocycles. The van der Waals surface area contributed by atoms with Crippen molar-refractivity contribution < 1.29 is 13.7 Å². The highest BCUT2D eigenvalue weighted by Gasteiger charge is 2.11. The Morgan fingerprint density at radius 1 is 1.21 bits per heavy atom. The van der Waals surface area contributed by atoms with Gasteiger partial charge in [0.05, 0.1) is 12.8 Å². The molecule has 0 radical (unpaired) electrons. The van der Waals surface area contributed by atoms with Gasteiger partial charge in [-0.25, -0.2) is 4.39 Å². The highest BCUT2D eigenvalue weighted by molar-refractivity contribution is 5.81. The summed E-state index contributed by atoms with van der Waals surface area (Å²) in [5.41, 5.74) is 1.97. The number of methoxy groups -OCH3 is 1. The first-order chi connectivity index (χ1) is 9.28. The topological polar surface area (TPSA) is 35.3 Å². The minimum Gasteiger partial charge on any atom is -0.497 e. The summed E-state index contributed by atoms with van der Waals surface area (Å²) in [6, 6.07) is 12.2. The lowest BCUT2D eigenvalue weighted by molar-refractivity contribution is 0.411. The molecule has 0 aliphatic carbocycles. The van der Waals surface area contributed by atoms with Crippen molar-refractivity contribution in [2.75, 3.05) is 7.11 Å². The molecule has 0 bridgehead atoms. The monoisotopic (exact) mass is 257 g/mol. The number of halogens is 1. The van der Waals surface area contributed by atoms with E-state index in [4.69, 9.17) is 9.26 Å². The molecule has 0 saturated carbocycles. The van der Waals surface area contributed by atoms with E-state index in [-0.39, 0.29) is 5.82 Å². The number of rotatable bonds is 3. The van der Waals surface area contributed by atoms with Crippen molar-refractivity contribution >= 4 is 11.0 Å². The van der Waals surface area contributed by atoms with Crippen LogP contribution in [-0.2, 0) is 6.42 Å². The molecule has 2 aromatic carbocycles. The maximum atomic E-state index is 13.6. The highest BCUT2D eigenvalue weighted by atomic mass is 19.1. The molecule has 3 aromatic rings. The second kappa shape index (κ2) is 4.72. The summed E-state index contributed by atoms with van der Waals surface area (Å²) in [6.45, 7) is 0. The van der Waals surface area contributed by atoms with Crippen molar-refractivity contribution in [3.05, 3.63) is 59.5 Å². The number of hydrogen-bond donors (Lipinski definition) is 0. The Labute approximate surface area is 109 Å². The Hall–Kier alpha value is -2.36. The van der Waals surface area contributed by atoms with Gasteiger partial charge in [-0.3, -0.25) is 0 Å². The van der Waals surface area contributed by atoms with E-state index in [2.05, 4.69) is 5.16 Å². The molecule has 0 aliphatic rings. The lowest BCUT2D eigenvalue weighted by Gasteiger charge is -2.00. The van der Waals surface area contributed by atoms with Crippen LogP contribution in [0.15, 0.2) is 47.0 Å². The van der Waals surface area contributed by atoms with E-state index in [0.717, 1.165) is 11.1 Å². The number of fused-ring (bicyclic) bond motifs is 1. The summed E-state index contributed by atoms with van der Waals surface area (Å²) < 4.78 is 24.0. The first-order valence-corrected chi connectivity index (χ1v) is 5.93. The van der Waals surface area contributed by atoms with E-state index in [1.165, 1.54) is 6.07 Å². The number of ether oxygens (including phenoxy) is 1. The van der Waals surface area contributed by atoms with Gasteiger partial charge in [0.25, 0.3) is 0 Å². The predicted octanol–water partition coefficient (Wildman–Crippen LogP) is 3.57. The van der Waals surface area contributed by atoms with Crippen molar-refractivity contribution in [2.24, 2.45) is 0 Å². The first kappa shape index (κ1) is 11.7. The summed E-state index contributed by atoms with van der Waals surface area (Å²) in [7, 11) is 1.60. The fourth-order valence-electron chi connectivity index (χ4n) is 2.05. The zero-order valence-electron chi connectivity index (χ0n) is 10.4. The van der Waals surface area contributed by atoms with Crippen molar-refractivity contribution in [1.82, 2.24) is 5.16 Å². The molecule has 0 spiro atoms. The number of aromatic nitrogens is 1. The molecule has 4 heteroatoms. The van der Waals surface area contributed by atoms with E-state index < -0.39 is 0 Å². The Kier molecular flexibility index (Phi) is 2.91. The van der Waals surface area contributed by atoms with Gasteiger partial charge in [-0.1, -0.05) is 23.4 Å². The minimum atomic E-state index is -0.229. The molecule has 0 N–H and O–H groups in total. The number of nitrogens with zero attached hydrogens (tertiary/aromatic N) is 1. The van der Waals surface area contributed by atoms with Crippen LogP contribution in [0.1, 0.15) is 11.3 Å². The van der Waals surface area contributed by atoms with Gasteiger partial charge in [-0.15, -0.1) is 0 Å². The van der Waals surface area contributed by atoms with E-state index in [9.17, 15) is 4.39 Å². The van der Waals surface area contributed by atoms with Crippen LogP contribution in [0.25, 0.3) is 11.0 Å². The summed E-state index contributed by atoms with van der Waals surface area (Å²) >= 11 is 0. The Bertz CT molecular complexity index is 721. The van der Waals surface area contributed by atoms with E-state index in [1.807, 2.05) is 18.2 Å². The maximum Gasteiger partial charge on any atom is 0.170 e. The Morgan fingerprint density at radius 3 is 2.84 bits per heavy atom. The molecule has 3 rings (SSSR count).